The molecular weight excluding hydrogens is 345 g/mol. The van der Waals surface area contributed by atoms with Crippen molar-refractivity contribution in [2.75, 3.05) is 17.7 Å². The molecule has 0 saturated heterocycles. The van der Waals surface area contributed by atoms with Crippen LogP contribution in [0.2, 0.25) is 0 Å². The van der Waals surface area contributed by atoms with E-state index in [4.69, 9.17) is 5.10 Å². The van der Waals surface area contributed by atoms with E-state index in [1.165, 1.54) is 7.05 Å². The Balaban J connectivity index is 1.63. The summed E-state index contributed by atoms with van der Waals surface area (Å²) in [5.41, 5.74) is 1.07. The summed E-state index contributed by atoms with van der Waals surface area (Å²) < 4.78 is 40.9. The summed E-state index contributed by atoms with van der Waals surface area (Å²) in [5.74, 6) is 0.274. The minimum atomic E-state index is -4.50. The van der Waals surface area contributed by atoms with E-state index in [1.54, 1.807) is 0 Å². The molecule has 0 amide bonds. The molecule has 0 unspecified atom stereocenters. The zero-order chi connectivity index (χ0) is 18.7. The van der Waals surface area contributed by atoms with Gasteiger partial charge in [-0.25, -0.2) is 4.98 Å². The predicted octanol–water partition coefficient (Wildman–Crippen LogP) is 4.33. The molecule has 2 heterocycles. The second kappa shape index (κ2) is 5.59. The van der Waals surface area contributed by atoms with Crippen molar-refractivity contribution >= 4 is 17.5 Å². The third kappa shape index (κ3) is 3.10. The summed E-state index contributed by atoms with van der Waals surface area (Å²) in [4.78, 5) is 7.83. The summed E-state index contributed by atoms with van der Waals surface area (Å²) in [6, 6.07) is 0.358. The topological polar surface area (TPSA) is 67.7 Å². The molecule has 140 valence electrons. The Kier molecular flexibility index (Phi) is 3.68. The first-order chi connectivity index (χ1) is 12.2. The van der Waals surface area contributed by atoms with E-state index in [0.717, 1.165) is 36.8 Å². The van der Waals surface area contributed by atoms with Gasteiger partial charge in [-0.3, -0.25) is 4.68 Å². The van der Waals surface area contributed by atoms with Gasteiger partial charge in [-0.2, -0.15) is 23.3 Å². The monoisotopic (exact) mass is 366 g/mol. The number of anilines is 3. The first-order valence-electron chi connectivity index (χ1n) is 8.67. The number of aromatic nitrogens is 4. The smallest absolute Gasteiger partial charge is 0.372 e. The van der Waals surface area contributed by atoms with Gasteiger partial charge in [0.15, 0.2) is 0 Å². The SMILES string of the molecule is CNc1nc(Nc2cn([C@H]3CC3(C)C)nc2C2CC2)ncc1C(F)(F)F. The van der Waals surface area contributed by atoms with Gasteiger partial charge in [-0.15, -0.1) is 0 Å². The molecule has 2 fully saturated rings. The Hall–Kier alpha value is -2.32. The van der Waals surface area contributed by atoms with E-state index in [0.29, 0.717) is 12.0 Å². The van der Waals surface area contributed by atoms with Crippen LogP contribution in [0.5, 0.6) is 0 Å². The molecule has 26 heavy (non-hydrogen) atoms. The van der Waals surface area contributed by atoms with Crippen molar-refractivity contribution in [3.63, 3.8) is 0 Å². The molecular formula is C17H21F3N6. The first-order valence-corrected chi connectivity index (χ1v) is 8.67. The fourth-order valence-corrected chi connectivity index (χ4v) is 3.17. The van der Waals surface area contributed by atoms with Crippen molar-refractivity contribution in [3.05, 3.63) is 23.7 Å². The number of nitrogens with zero attached hydrogens (tertiary/aromatic N) is 4. The van der Waals surface area contributed by atoms with Crippen LogP contribution >= 0.6 is 0 Å². The third-order valence-corrected chi connectivity index (χ3v) is 5.08. The number of alkyl halides is 3. The molecule has 1 atom stereocenters. The van der Waals surface area contributed by atoms with Gasteiger partial charge in [0.2, 0.25) is 5.95 Å². The van der Waals surface area contributed by atoms with E-state index in [9.17, 15) is 13.2 Å². The number of hydrogen-bond acceptors (Lipinski definition) is 5. The van der Waals surface area contributed by atoms with Gasteiger partial charge >= 0.3 is 6.18 Å². The highest BCUT2D eigenvalue weighted by Crippen LogP contribution is 2.56. The lowest BCUT2D eigenvalue weighted by atomic mass is 10.2. The van der Waals surface area contributed by atoms with Crippen LogP contribution in [-0.2, 0) is 6.18 Å². The maximum absolute atomic E-state index is 13.0. The molecule has 0 bridgehead atoms. The van der Waals surface area contributed by atoms with Crippen molar-refractivity contribution in [2.45, 2.75) is 51.2 Å². The molecule has 0 radical (unpaired) electrons. The molecule has 0 aromatic carbocycles. The van der Waals surface area contributed by atoms with Gasteiger partial charge in [0.05, 0.1) is 17.4 Å². The van der Waals surface area contributed by atoms with E-state index in [-0.39, 0.29) is 17.2 Å². The van der Waals surface area contributed by atoms with Crippen LogP contribution in [0.15, 0.2) is 12.4 Å². The molecule has 6 nitrogen and oxygen atoms in total. The summed E-state index contributed by atoms with van der Waals surface area (Å²) in [6.45, 7) is 4.39. The number of hydrogen-bond donors (Lipinski definition) is 2. The molecule has 2 aromatic rings. The van der Waals surface area contributed by atoms with Crippen molar-refractivity contribution in [1.82, 2.24) is 19.7 Å². The van der Waals surface area contributed by atoms with Gasteiger partial charge in [-0.1, -0.05) is 13.8 Å². The minimum absolute atomic E-state index is 0.124. The van der Waals surface area contributed by atoms with Crippen LogP contribution < -0.4 is 10.6 Å². The second-order valence-corrected chi connectivity index (χ2v) is 7.72. The van der Waals surface area contributed by atoms with Gasteiger partial charge in [0, 0.05) is 25.4 Å². The number of halogens is 3. The quantitative estimate of drug-likeness (QED) is 0.825. The fraction of sp³-hybridized carbons (Fsp3) is 0.588. The summed E-state index contributed by atoms with van der Waals surface area (Å²) in [6.07, 6.45) is 1.45. The van der Waals surface area contributed by atoms with Crippen molar-refractivity contribution in [3.8, 4) is 0 Å². The average Bonchev–Trinajstić information content (AvgIpc) is 3.46. The Morgan fingerprint density at radius 3 is 2.50 bits per heavy atom. The fourth-order valence-electron chi connectivity index (χ4n) is 3.17. The molecule has 2 aliphatic carbocycles. The molecule has 2 aliphatic rings. The Morgan fingerprint density at radius 1 is 1.27 bits per heavy atom. The third-order valence-electron chi connectivity index (χ3n) is 5.08. The van der Waals surface area contributed by atoms with Crippen LogP contribution in [0, 0.1) is 5.41 Å². The van der Waals surface area contributed by atoms with Crippen molar-refractivity contribution < 1.29 is 13.2 Å². The molecule has 0 aliphatic heterocycles. The predicted molar refractivity (Wildman–Crippen MR) is 91.5 cm³/mol. The van der Waals surface area contributed by atoms with Crippen LogP contribution in [0.1, 0.15) is 56.3 Å². The maximum Gasteiger partial charge on any atom is 0.421 e. The zero-order valence-corrected chi connectivity index (χ0v) is 14.9. The van der Waals surface area contributed by atoms with E-state index in [2.05, 4.69) is 34.4 Å². The normalized spacial score (nSPS) is 21.5. The zero-order valence-electron chi connectivity index (χ0n) is 14.9. The van der Waals surface area contributed by atoms with Crippen LogP contribution in [0.3, 0.4) is 0 Å². The van der Waals surface area contributed by atoms with Gasteiger partial charge in [0.25, 0.3) is 0 Å². The number of nitrogens with one attached hydrogen (secondary N) is 2. The van der Waals surface area contributed by atoms with Crippen LogP contribution in [-0.4, -0.2) is 26.8 Å². The molecule has 2 aromatic heterocycles. The maximum atomic E-state index is 13.0. The lowest BCUT2D eigenvalue weighted by Gasteiger charge is -2.12. The molecule has 4 rings (SSSR count). The Bertz CT molecular complexity index is 838. The van der Waals surface area contributed by atoms with Gasteiger partial charge in [0.1, 0.15) is 11.4 Å². The Morgan fingerprint density at radius 2 is 1.96 bits per heavy atom. The molecule has 2 saturated carbocycles. The Labute approximate surface area is 149 Å². The summed E-state index contributed by atoms with van der Waals surface area (Å²) >= 11 is 0. The van der Waals surface area contributed by atoms with E-state index < -0.39 is 11.7 Å². The molecule has 0 spiro atoms. The molecule has 2 N–H and O–H groups in total. The average molecular weight is 366 g/mol. The van der Waals surface area contributed by atoms with E-state index >= 15 is 0 Å². The van der Waals surface area contributed by atoms with Crippen LogP contribution in [0.4, 0.5) is 30.6 Å². The van der Waals surface area contributed by atoms with Crippen molar-refractivity contribution in [2.24, 2.45) is 5.41 Å². The highest BCUT2D eigenvalue weighted by atomic mass is 19.4. The van der Waals surface area contributed by atoms with E-state index in [1.807, 2.05) is 10.9 Å². The summed E-state index contributed by atoms with van der Waals surface area (Å²) in [5, 5.41) is 10.3. The van der Waals surface area contributed by atoms with Gasteiger partial charge < -0.3 is 10.6 Å². The minimum Gasteiger partial charge on any atom is -0.372 e. The number of rotatable bonds is 5. The summed E-state index contributed by atoms with van der Waals surface area (Å²) in [7, 11) is 1.41. The molecule has 9 heteroatoms. The lowest BCUT2D eigenvalue weighted by molar-refractivity contribution is -0.137. The lowest BCUT2D eigenvalue weighted by Crippen LogP contribution is -2.12. The highest BCUT2D eigenvalue weighted by molar-refractivity contribution is 5.59. The van der Waals surface area contributed by atoms with Crippen LogP contribution in [0.25, 0.3) is 0 Å². The van der Waals surface area contributed by atoms with Gasteiger partial charge in [-0.05, 0) is 24.7 Å². The first kappa shape index (κ1) is 17.1. The highest BCUT2D eigenvalue weighted by Gasteiger charge is 2.48. The van der Waals surface area contributed by atoms with Crippen molar-refractivity contribution in [1.29, 1.82) is 0 Å². The largest absolute Gasteiger partial charge is 0.421 e. The standard InChI is InChI=1S/C17H21F3N6/c1-16(2)6-12(16)26-8-11(13(25-26)9-4-5-9)23-15-22-7-10(17(18,19)20)14(21-3)24-15/h7-9,12H,4-6H2,1-3H3,(H2,21,22,23,24)/t12-/m0/s1. The second-order valence-electron chi connectivity index (χ2n) is 7.72.